The van der Waals surface area contributed by atoms with Gasteiger partial charge in [-0.05, 0) is 36.5 Å². The highest BCUT2D eigenvalue weighted by Crippen LogP contribution is 2.27. The number of carboxylic acid groups (broad SMARTS) is 1. The van der Waals surface area contributed by atoms with Crippen LogP contribution >= 0.6 is 0 Å². The number of ether oxygens (including phenoxy) is 1. The van der Waals surface area contributed by atoms with Gasteiger partial charge in [-0.25, -0.2) is 0 Å². The Morgan fingerprint density at radius 1 is 1.19 bits per heavy atom. The molecule has 3 rings (SSSR count). The monoisotopic (exact) mass is 376 g/mol. The quantitative estimate of drug-likeness (QED) is 0.779. The number of hydrogen-bond acceptors (Lipinski definition) is 5. The Kier molecular flexibility index (Phi) is 6.68. The van der Waals surface area contributed by atoms with Crippen LogP contribution in [-0.2, 0) is 20.7 Å². The Labute approximate surface area is 159 Å². The minimum atomic E-state index is -0.793. The number of aliphatic carboxylic acids is 1. The van der Waals surface area contributed by atoms with Gasteiger partial charge in [-0.2, -0.15) is 0 Å². The summed E-state index contributed by atoms with van der Waals surface area (Å²) in [4.78, 5) is 28.1. The largest absolute Gasteiger partial charge is 0.508 e. The van der Waals surface area contributed by atoms with Crippen molar-refractivity contribution < 1.29 is 24.5 Å². The normalized spacial score (nSPS) is 23.9. The first-order valence-corrected chi connectivity index (χ1v) is 9.62. The smallest absolute Gasteiger partial charge is 0.303 e. The molecule has 2 atom stereocenters. The number of aromatic hydroxyl groups is 1. The lowest BCUT2D eigenvalue weighted by Gasteiger charge is -2.45. The number of piperidine rings is 1. The molecule has 7 nitrogen and oxygen atoms in total. The van der Waals surface area contributed by atoms with E-state index in [0.717, 1.165) is 25.1 Å². The SMILES string of the molecule is O=C(O)CC[C@@H]1CN(C(=O)Cc2cccc(O)c2)CC[C@@H]1N1CCOCC1. The van der Waals surface area contributed by atoms with Gasteiger partial charge >= 0.3 is 5.97 Å². The Morgan fingerprint density at radius 2 is 1.96 bits per heavy atom. The van der Waals surface area contributed by atoms with Crippen LogP contribution in [0.1, 0.15) is 24.8 Å². The highest BCUT2D eigenvalue weighted by molar-refractivity contribution is 5.79. The number of phenols is 1. The van der Waals surface area contributed by atoms with E-state index in [1.54, 1.807) is 18.2 Å². The molecule has 27 heavy (non-hydrogen) atoms. The minimum Gasteiger partial charge on any atom is -0.508 e. The number of benzene rings is 1. The molecule has 0 aromatic heterocycles. The van der Waals surface area contributed by atoms with E-state index in [2.05, 4.69) is 4.90 Å². The Morgan fingerprint density at radius 3 is 2.67 bits per heavy atom. The van der Waals surface area contributed by atoms with Gasteiger partial charge in [-0.3, -0.25) is 14.5 Å². The van der Waals surface area contributed by atoms with Crippen LogP contribution in [0.15, 0.2) is 24.3 Å². The first kappa shape index (κ1) is 19.6. The summed E-state index contributed by atoms with van der Waals surface area (Å²) in [5.74, 6) is -0.452. The number of morpholine rings is 1. The number of carbonyl (C=O) groups is 2. The maximum absolute atomic E-state index is 12.7. The molecular weight excluding hydrogens is 348 g/mol. The molecule has 0 radical (unpaired) electrons. The highest BCUT2D eigenvalue weighted by atomic mass is 16.5. The van der Waals surface area contributed by atoms with Gasteiger partial charge < -0.3 is 19.8 Å². The lowest BCUT2D eigenvalue weighted by molar-refractivity contribution is -0.138. The third kappa shape index (κ3) is 5.43. The average molecular weight is 376 g/mol. The first-order chi connectivity index (χ1) is 13.0. The molecule has 2 aliphatic heterocycles. The van der Waals surface area contributed by atoms with E-state index in [1.807, 2.05) is 11.0 Å². The van der Waals surface area contributed by atoms with Crippen molar-refractivity contribution in [1.82, 2.24) is 9.80 Å². The summed E-state index contributed by atoms with van der Waals surface area (Å²) in [5.41, 5.74) is 0.789. The molecule has 7 heteroatoms. The zero-order chi connectivity index (χ0) is 19.2. The molecule has 148 valence electrons. The van der Waals surface area contributed by atoms with Gasteiger partial charge in [-0.1, -0.05) is 12.1 Å². The molecule has 2 fully saturated rings. The van der Waals surface area contributed by atoms with Crippen molar-refractivity contribution in [3.05, 3.63) is 29.8 Å². The predicted octanol–water partition coefficient (Wildman–Crippen LogP) is 1.35. The molecule has 2 saturated heterocycles. The lowest BCUT2D eigenvalue weighted by atomic mass is 9.86. The molecule has 0 unspecified atom stereocenters. The molecule has 0 spiro atoms. The highest BCUT2D eigenvalue weighted by Gasteiger charge is 2.35. The van der Waals surface area contributed by atoms with E-state index < -0.39 is 5.97 Å². The van der Waals surface area contributed by atoms with Crippen LogP contribution in [0, 0.1) is 5.92 Å². The molecular formula is C20H28N2O5. The Bertz CT molecular complexity index is 660. The summed E-state index contributed by atoms with van der Waals surface area (Å²) in [5, 5.41) is 18.7. The number of carboxylic acids is 1. The maximum atomic E-state index is 12.7. The van der Waals surface area contributed by atoms with Crippen molar-refractivity contribution in [3.63, 3.8) is 0 Å². The van der Waals surface area contributed by atoms with Crippen LogP contribution in [-0.4, -0.2) is 77.3 Å². The summed E-state index contributed by atoms with van der Waals surface area (Å²) >= 11 is 0. The van der Waals surface area contributed by atoms with E-state index in [4.69, 9.17) is 9.84 Å². The van der Waals surface area contributed by atoms with Crippen molar-refractivity contribution in [3.8, 4) is 5.75 Å². The number of carbonyl (C=O) groups excluding carboxylic acids is 1. The standard InChI is InChI=1S/C20H28N2O5/c23-17-3-1-2-15(12-17)13-19(24)22-7-6-18(21-8-10-27-11-9-21)16(14-22)4-5-20(25)26/h1-3,12,16,18,23H,4-11,13-14H2,(H,25,26)/t16-,18+/m1/s1. The molecule has 1 aromatic carbocycles. The molecule has 1 aromatic rings. The van der Waals surface area contributed by atoms with Crippen LogP contribution in [0.2, 0.25) is 0 Å². The third-order valence-electron chi connectivity index (χ3n) is 5.56. The molecule has 1 amide bonds. The third-order valence-corrected chi connectivity index (χ3v) is 5.56. The molecule has 2 heterocycles. The van der Waals surface area contributed by atoms with Gasteiger partial charge in [0.1, 0.15) is 5.75 Å². The molecule has 0 aliphatic carbocycles. The summed E-state index contributed by atoms with van der Waals surface area (Å²) in [6.07, 6.45) is 1.81. The summed E-state index contributed by atoms with van der Waals surface area (Å²) < 4.78 is 5.44. The summed E-state index contributed by atoms with van der Waals surface area (Å²) in [7, 11) is 0. The zero-order valence-corrected chi connectivity index (χ0v) is 15.5. The predicted molar refractivity (Wildman–Crippen MR) is 99.5 cm³/mol. The second-order valence-electron chi connectivity index (χ2n) is 7.38. The zero-order valence-electron chi connectivity index (χ0n) is 15.5. The van der Waals surface area contributed by atoms with Gasteiger partial charge in [0.2, 0.25) is 5.91 Å². The van der Waals surface area contributed by atoms with Gasteiger partial charge in [-0.15, -0.1) is 0 Å². The number of amides is 1. The van der Waals surface area contributed by atoms with E-state index in [-0.39, 0.29) is 30.4 Å². The van der Waals surface area contributed by atoms with Crippen LogP contribution < -0.4 is 0 Å². The summed E-state index contributed by atoms with van der Waals surface area (Å²) in [6, 6.07) is 7.07. The average Bonchev–Trinajstić information content (AvgIpc) is 2.67. The Balaban J connectivity index is 1.64. The number of phenolic OH excluding ortho intramolecular Hbond substituents is 1. The van der Waals surface area contributed by atoms with Gasteiger partial charge in [0, 0.05) is 38.6 Å². The van der Waals surface area contributed by atoms with Crippen LogP contribution in [0.3, 0.4) is 0 Å². The van der Waals surface area contributed by atoms with Crippen molar-refractivity contribution in [2.45, 2.75) is 31.7 Å². The van der Waals surface area contributed by atoms with Crippen molar-refractivity contribution in [2.75, 3.05) is 39.4 Å². The first-order valence-electron chi connectivity index (χ1n) is 9.62. The van der Waals surface area contributed by atoms with Crippen LogP contribution in [0.4, 0.5) is 0 Å². The molecule has 2 aliphatic rings. The van der Waals surface area contributed by atoms with Crippen LogP contribution in [0.5, 0.6) is 5.75 Å². The van der Waals surface area contributed by atoms with Crippen LogP contribution in [0.25, 0.3) is 0 Å². The second-order valence-corrected chi connectivity index (χ2v) is 7.38. The Hall–Kier alpha value is -2.12. The fourth-order valence-electron chi connectivity index (χ4n) is 4.18. The van der Waals surface area contributed by atoms with E-state index >= 15 is 0 Å². The fourth-order valence-corrected chi connectivity index (χ4v) is 4.18. The fraction of sp³-hybridized carbons (Fsp3) is 0.600. The van der Waals surface area contributed by atoms with E-state index in [0.29, 0.717) is 38.8 Å². The van der Waals surface area contributed by atoms with Crippen molar-refractivity contribution in [2.24, 2.45) is 5.92 Å². The van der Waals surface area contributed by atoms with Crippen molar-refractivity contribution in [1.29, 1.82) is 0 Å². The van der Waals surface area contributed by atoms with Gasteiger partial charge in [0.25, 0.3) is 0 Å². The van der Waals surface area contributed by atoms with Gasteiger partial charge in [0.15, 0.2) is 0 Å². The maximum Gasteiger partial charge on any atom is 0.303 e. The number of likely N-dealkylation sites (tertiary alicyclic amines) is 1. The van der Waals surface area contributed by atoms with E-state index in [1.165, 1.54) is 0 Å². The summed E-state index contributed by atoms with van der Waals surface area (Å²) in [6.45, 7) is 4.43. The number of rotatable bonds is 6. The van der Waals surface area contributed by atoms with E-state index in [9.17, 15) is 14.7 Å². The molecule has 0 saturated carbocycles. The second kappa shape index (κ2) is 9.19. The number of hydrogen-bond donors (Lipinski definition) is 2. The minimum absolute atomic E-state index is 0.0290. The topological polar surface area (TPSA) is 90.3 Å². The molecule has 0 bridgehead atoms. The van der Waals surface area contributed by atoms with Crippen molar-refractivity contribution >= 4 is 11.9 Å². The van der Waals surface area contributed by atoms with Gasteiger partial charge in [0.05, 0.1) is 19.6 Å². The lowest BCUT2D eigenvalue weighted by Crippen LogP contribution is -2.55. The number of nitrogens with zero attached hydrogens (tertiary/aromatic N) is 2. The molecule has 2 N–H and O–H groups in total.